The number of hydrogen-bond acceptors (Lipinski definition) is 3. The van der Waals surface area contributed by atoms with Gasteiger partial charge in [0, 0.05) is 11.6 Å². The lowest BCUT2D eigenvalue weighted by Crippen LogP contribution is -2.30. The molecule has 1 aliphatic carbocycles. The van der Waals surface area contributed by atoms with Crippen molar-refractivity contribution < 1.29 is 4.79 Å². The van der Waals surface area contributed by atoms with Crippen LogP contribution in [0.4, 0.5) is 16.3 Å². The molecule has 2 amide bonds. The molecule has 0 spiro atoms. The zero-order chi connectivity index (χ0) is 13.2. The van der Waals surface area contributed by atoms with Gasteiger partial charge in [0.15, 0.2) is 0 Å². The van der Waals surface area contributed by atoms with Gasteiger partial charge in [-0.05, 0) is 45.7 Å². The molecular formula is C13H20N4O. The quantitative estimate of drug-likeness (QED) is 0.770. The molecule has 3 N–H and O–H groups in total. The maximum Gasteiger partial charge on any atom is 0.320 e. The Morgan fingerprint density at radius 1 is 1.33 bits per heavy atom. The van der Waals surface area contributed by atoms with E-state index in [-0.39, 0.29) is 11.6 Å². The molecule has 5 heteroatoms. The van der Waals surface area contributed by atoms with Crippen molar-refractivity contribution in [1.82, 2.24) is 10.3 Å². The van der Waals surface area contributed by atoms with Crippen LogP contribution in [0.1, 0.15) is 33.6 Å². The summed E-state index contributed by atoms with van der Waals surface area (Å²) in [6.45, 7) is 6.26. The molecule has 0 bridgehead atoms. The number of hydrogen-bond donors (Lipinski definition) is 3. The van der Waals surface area contributed by atoms with Gasteiger partial charge in [-0.25, -0.2) is 9.78 Å². The predicted octanol–water partition coefficient (Wildman–Crippen LogP) is 2.58. The highest BCUT2D eigenvalue weighted by atomic mass is 16.2. The monoisotopic (exact) mass is 248 g/mol. The first kappa shape index (κ1) is 12.7. The van der Waals surface area contributed by atoms with Gasteiger partial charge >= 0.3 is 6.03 Å². The summed E-state index contributed by atoms with van der Waals surface area (Å²) in [6.07, 6.45) is 3.88. The van der Waals surface area contributed by atoms with Gasteiger partial charge in [0.1, 0.15) is 5.82 Å². The summed E-state index contributed by atoms with van der Waals surface area (Å²) in [6, 6.07) is 3.87. The van der Waals surface area contributed by atoms with Crippen LogP contribution in [0.5, 0.6) is 0 Å². The lowest BCUT2D eigenvalue weighted by Gasteiger charge is -2.21. The molecule has 0 saturated heterocycles. The number of nitrogens with zero attached hydrogens (tertiary/aromatic N) is 1. The van der Waals surface area contributed by atoms with E-state index in [1.807, 2.05) is 6.07 Å². The Bertz CT molecular complexity index is 418. The molecule has 2 rings (SSSR count). The number of aromatic nitrogens is 1. The lowest BCUT2D eigenvalue weighted by molar-refractivity contribution is 0.251. The third kappa shape index (κ3) is 4.24. The Hall–Kier alpha value is -1.78. The largest absolute Gasteiger partial charge is 0.379 e. The van der Waals surface area contributed by atoms with Gasteiger partial charge in [0.25, 0.3) is 0 Å². The van der Waals surface area contributed by atoms with Crippen molar-refractivity contribution in [2.75, 3.05) is 10.6 Å². The zero-order valence-corrected chi connectivity index (χ0v) is 11.1. The third-order valence-corrected chi connectivity index (χ3v) is 2.44. The second-order valence-electron chi connectivity index (χ2n) is 5.68. The van der Waals surface area contributed by atoms with E-state index in [0.29, 0.717) is 11.9 Å². The average molecular weight is 248 g/mol. The number of carbonyl (C=O) groups is 1. The summed E-state index contributed by atoms with van der Waals surface area (Å²) < 4.78 is 0. The van der Waals surface area contributed by atoms with E-state index >= 15 is 0 Å². The molecule has 1 aliphatic rings. The Morgan fingerprint density at radius 3 is 2.56 bits per heavy atom. The maximum atomic E-state index is 11.5. The van der Waals surface area contributed by atoms with Crippen molar-refractivity contribution in [3.63, 3.8) is 0 Å². The highest BCUT2D eigenvalue weighted by Crippen LogP contribution is 2.19. The number of rotatable bonds is 3. The van der Waals surface area contributed by atoms with Crippen molar-refractivity contribution in [3.05, 3.63) is 18.3 Å². The van der Waals surface area contributed by atoms with Crippen molar-refractivity contribution in [2.45, 2.75) is 45.2 Å². The standard InChI is InChI=1S/C13H20N4O/c1-13(2,3)17-10-6-7-11(14-8-10)16-12(18)15-9-4-5-9/h6-9,17H,4-5H2,1-3H3,(H2,14,15,16,18). The second-order valence-corrected chi connectivity index (χ2v) is 5.68. The first-order valence-corrected chi connectivity index (χ1v) is 6.24. The fraction of sp³-hybridized carbons (Fsp3) is 0.538. The lowest BCUT2D eigenvalue weighted by atomic mass is 10.1. The van der Waals surface area contributed by atoms with E-state index in [9.17, 15) is 4.79 Å². The van der Waals surface area contributed by atoms with E-state index in [0.717, 1.165) is 18.5 Å². The van der Waals surface area contributed by atoms with Crippen LogP contribution < -0.4 is 16.0 Å². The SMILES string of the molecule is CC(C)(C)Nc1ccc(NC(=O)NC2CC2)nc1. The number of pyridine rings is 1. The van der Waals surface area contributed by atoms with Crippen molar-refractivity contribution in [2.24, 2.45) is 0 Å². The normalized spacial score (nSPS) is 15.1. The van der Waals surface area contributed by atoms with Gasteiger partial charge in [0.05, 0.1) is 11.9 Å². The van der Waals surface area contributed by atoms with E-state index in [1.165, 1.54) is 0 Å². The van der Waals surface area contributed by atoms with Crippen LogP contribution in [0.2, 0.25) is 0 Å². The Labute approximate surface area is 107 Å². The second kappa shape index (κ2) is 4.84. The highest BCUT2D eigenvalue weighted by Gasteiger charge is 2.23. The van der Waals surface area contributed by atoms with Crippen molar-refractivity contribution in [1.29, 1.82) is 0 Å². The number of amides is 2. The average Bonchev–Trinajstić information content (AvgIpc) is 3.02. The van der Waals surface area contributed by atoms with Crippen molar-refractivity contribution in [3.8, 4) is 0 Å². The summed E-state index contributed by atoms with van der Waals surface area (Å²) in [7, 11) is 0. The number of carbonyl (C=O) groups excluding carboxylic acids is 1. The van der Waals surface area contributed by atoms with E-state index < -0.39 is 0 Å². The molecule has 98 valence electrons. The molecule has 1 aromatic heterocycles. The molecule has 1 aromatic rings. The molecule has 0 aliphatic heterocycles. The molecule has 0 aromatic carbocycles. The molecule has 0 unspecified atom stereocenters. The molecular weight excluding hydrogens is 228 g/mol. The summed E-state index contributed by atoms with van der Waals surface area (Å²) in [4.78, 5) is 15.7. The first-order chi connectivity index (χ1) is 8.42. The number of nitrogens with one attached hydrogen (secondary N) is 3. The van der Waals surface area contributed by atoms with Crippen LogP contribution >= 0.6 is 0 Å². The Balaban J connectivity index is 1.88. The Kier molecular flexibility index (Phi) is 3.41. The van der Waals surface area contributed by atoms with Gasteiger partial charge in [-0.1, -0.05) is 0 Å². The molecule has 0 atom stereocenters. The van der Waals surface area contributed by atoms with Crippen molar-refractivity contribution >= 4 is 17.5 Å². The summed E-state index contributed by atoms with van der Waals surface area (Å²) in [5, 5.41) is 8.88. The van der Waals surface area contributed by atoms with Crippen LogP contribution in [0, 0.1) is 0 Å². The van der Waals surface area contributed by atoms with Crippen LogP contribution in [0.15, 0.2) is 18.3 Å². The smallest absolute Gasteiger partial charge is 0.320 e. The minimum absolute atomic E-state index is 0.0000263. The van der Waals surface area contributed by atoms with Gasteiger partial charge in [-0.15, -0.1) is 0 Å². The first-order valence-electron chi connectivity index (χ1n) is 6.24. The van der Waals surface area contributed by atoms with Crippen LogP contribution in [0.3, 0.4) is 0 Å². The minimum atomic E-state index is -0.179. The van der Waals surface area contributed by atoms with Gasteiger partial charge < -0.3 is 10.6 Å². The molecule has 1 fully saturated rings. The third-order valence-electron chi connectivity index (χ3n) is 2.44. The van der Waals surface area contributed by atoms with Gasteiger partial charge in [-0.3, -0.25) is 5.32 Å². The number of anilines is 2. The summed E-state index contributed by atoms with van der Waals surface area (Å²) in [5.74, 6) is 0.563. The van der Waals surface area contributed by atoms with Gasteiger partial charge in [0.2, 0.25) is 0 Å². The van der Waals surface area contributed by atoms with E-state index in [4.69, 9.17) is 0 Å². The molecule has 1 saturated carbocycles. The minimum Gasteiger partial charge on any atom is -0.379 e. The fourth-order valence-corrected chi connectivity index (χ4v) is 1.54. The molecule has 5 nitrogen and oxygen atoms in total. The topological polar surface area (TPSA) is 66.0 Å². The fourth-order valence-electron chi connectivity index (χ4n) is 1.54. The molecule has 1 heterocycles. The van der Waals surface area contributed by atoms with Crippen LogP contribution in [-0.2, 0) is 0 Å². The predicted molar refractivity (Wildman–Crippen MR) is 72.8 cm³/mol. The molecule has 0 radical (unpaired) electrons. The maximum absolute atomic E-state index is 11.5. The van der Waals surface area contributed by atoms with Crippen LogP contribution in [-0.4, -0.2) is 22.6 Å². The zero-order valence-electron chi connectivity index (χ0n) is 11.1. The number of urea groups is 1. The van der Waals surface area contributed by atoms with E-state index in [2.05, 4.69) is 41.7 Å². The van der Waals surface area contributed by atoms with Crippen LogP contribution in [0.25, 0.3) is 0 Å². The molecule has 18 heavy (non-hydrogen) atoms. The van der Waals surface area contributed by atoms with E-state index in [1.54, 1.807) is 12.3 Å². The van der Waals surface area contributed by atoms with Gasteiger partial charge in [-0.2, -0.15) is 0 Å². The highest BCUT2D eigenvalue weighted by molar-refractivity contribution is 5.88. The summed E-state index contributed by atoms with van der Waals surface area (Å²) in [5.41, 5.74) is 0.940. The summed E-state index contributed by atoms with van der Waals surface area (Å²) >= 11 is 0. The Morgan fingerprint density at radius 2 is 2.06 bits per heavy atom.